The zero-order chi connectivity index (χ0) is 11.5. The summed E-state index contributed by atoms with van der Waals surface area (Å²) < 4.78 is 0. The number of nitrogens with one attached hydrogen (secondary N) is 2. The van der Waals surface area contributed by atoms with Gasteiger partial charge in [0.1, 0.15) is 11.5 Å². The standard InChI is InChI=1S/C11H13N3O2/c1-7(14-8-5-12-13-6-8)10-3-2-9(15)4-11(10)16/h2-7,14-16H,1H3,(H,12,13). The van der Waals surface area contributed by atoms with Crippen molar-refractivity contribution in [2.24, 2.45) is 0 Å². The Bertz CT molecular complexity index is 468. The molecule has 0 aliphatic rings. The fourth-order valence-electron chi connectivity index (χ4n) is 1.56. The molecule has 0 aliphatic carbocycles. The number of anilines is 1. The molecule has 5 heteroatoms. The van der Waals surface area contributed by atoms with Gasteiger partial charge in [0.05, 0.1) is 17.9 Å². The van der Waals surface area contributed by atoms with E-state index in [0.717, 1.165) is 11.3 Å². The van der Waals surface area contributed by atoms with Crippen molar-refractivity contribution in [3.8, 4) is 11.5 Å². The Hall–Kier alpha value is -2.17. The van der Waals surface area contributed by atoms with Gasteiger partial charge in [-0.1, -0.05) is 0 Å². The molecule has 0 saturated heterocycles. The van der Waals surface area contributed by atoms with E-state index in [1.807, 2.05) is 6.92 Å². The molecule has 0 radical (unpaired) electrons. The average molecular weight is 219 g/mol. The first-order chi connectivity index (χ1) is 7.66. The number of hydrogen-bond acceptors (Lipinski definition) is 4. The highest BCUT2D eigenvalue weighted by Gasteiger charge is 2.10. The van der Waals surface area contributed by atoms with Crippen molar-refractivity contribution in [2.75, 3.05) is 5.32 Å². The molecular weight excluding hydrogens is 206 g/mol. The van der Waals surface area contributed by atoms with Crippen LogP contribution in [0.1, 0.15) is 18.5 Å². The van der Waals surface area contributed by atoms with E-state index in [0.29, 0.717) is 0 Å². The van der Waals surface area contributed by atoms with Crippen LogP contribution in [0.2, 0.25) is 0 Å². The summed E-state index contributed by atoms with van der Waals surface area (Å²) in [4.78, 5) is 0. The van der Waals surface area contributed by atoms with Crippen molar-refractivity contribution in [2.45, 2.75) is 13.0 Å². The molecule has 84 valence electrons. The van der Waals surface area contributed by atoms with Crippen molar-refractivity contribution in [1.29, 1.82) is 0 Å². The monoisotopic (exact) mass is 219 g/mol. The average Bonchev–Trinajstić information content (AvgIpc) is 2.70. The summed E-state index contributed by atoms with van der Waals surface area (Å²) in [5.74, 6) is 0.125. The second-order valence-corrected chi connectivity index (χ2v) is 3.60. The summed E-state index contributed by atoms with van der Waals surface area (Å²) in [5, 5.41) is 28.5. The Morgan fingerprint density at radius 1 is 1.38 bits per heavy atom. The fraction of sp³-hybridized carbons (Fsp3) is 0.182. The van der Waals surface area contributed by atoms with Crippen molar-refractivity contribution in [3.63, 3.8) is 0 Å². The van der Waals surface area contributed by atoms with E-state index in [1.54, 1.807) is 24.5 Å². The summed E-state index contributed by atoms with van der Waals surface area (Å²) in [6.45, 7) is 1.92. The summed E-state index contributed by atoms with van der Waals surface area (Å²) in [5.41, 5.74) is 1.57. The molecule has 0 spiro atoms. The third-order valence-corrected chi connectivity index (χ3v) is 2.36. The summed E-state index contributed by atoms with van der Waals surface area (Å²) >= 11 is 0. The largest absolute Gasteiger partial charge is 0.508 e. The Balaban J connectivity index is 2.17. The number of phenols is 2. The minimum absolute atomic E-state index is 0.0526. The van der Waals surface area contributed by atoms with Crippen LogP contribution in [-0.4, -0.2) is 20.4 Å². The van der Waals surface area contributed by atoms with Crippen molar-refractivity contribution in [1.82, 2.24) is 10.2 Å². The molecule has 2 rings (SSSR count). The van der Waals surface area contributed by atoms with Gasteiger partial charge >= 0.3 is 0 Å². The molecule has 0 bridgehead atoms. The van der Waals surface area contributed by atoms with Gasteiger partial charge in [0, 0.05) is 17.8 Å². The highest BCUT2D eigenvalue weighted by molar-refractivity contribution is 5.46. The maximum absolute atomic E-state index is 9.67. The van der Waals surface area contributed by atoms with Crippen LogP contribution in [0.25, 0.3) is 0 Å². The van der Waals surface area contributed by atoms with Gasteiger partial charge in [0.15, 0.2) is 0 Å². The minimum Gasteiger partial charge on any atom is -0.508 e. The van der Waals surface area contributed by atoms with Crippen LogP contribution in [0.4, 0.5) is 5.69 Å². The molecule has 1 atom stereocenters. The highest BCUT2D eigenvalue weighted by atomic mass is 16.3. The van der Waals surface area contributed by atoms with Crippen LogP contribution < -0.4 is 5.32 Å². The summed E-state index contributed by atoms with van der Waals surface area (Å²) in [6, 6.07) is 4.48. The number of H-pyrrole nitrogens is 1. The molecule has 0 fully saturated rings. The molecule has 1 unspecified atom stereocenters. The third kappa shape index (κ3) is 2.08. The lowest BCUT2D eigenvalue weighted by molar-refractivity contribution is 0.444. The molecular formula is C11H13N3O2. The quantitative estimate of drug-likeness (QED) is 0.636. The van der Waals surface area contributed by atoms with E-state index < -0.39 is 0 Å². The molecule has 2 aromatic rings. The number of aromatic hydroxyl groups is 2. The zero-order valence-corrected chi connectivity index (χ0v) is 8.81. The number of phenolic OH excluding ortho intramolecular Hbond substituents is 2. The SMILES string of the molecule is CC(Nc1cn[nH]c1)c1ccc(O)cc1O. The number of aromatic amines is 1. The highest BCUT2D eigenvalue weighted by Crippen LogP contribution is 2.29. The molecule has 1 heterocycles. The van der Waals surface area contributed by atoms with E-state index in [4.69, 9.17) is 0 Å². The normalized spacial score (nSPS) is 12.3. The molecule has 5 nitrogen and oxygen atoms in total. The fourth-order valence-corrected chi connectivity index (χ4v) is 1.56. The van der Waals surface area contributed by atoms with Crippen molar-refractivity contribution < 1.29 is 10.2 Å². The van der Waals surface area contributed by atoms with Gasteiger partial charge in [0.2, 0.25) is 0 Å². The van der Waals surface area contributed by atoms with Gasteiger partial charge in [-0.2, -0.15) is 5.10 Å². The Morgan fingerprint density at radius 3 is 2.81 bits per heavy atom. The molecule has 1 aromatic heterocycles. The lowest BCUT2D eigenvalue weighted by atomic mass is 10.1. The van der Waals surface area contributed by atoms with Gasteiger partial charge in [-0.3, -0.25) is 5.10 Å². The number of benzene rings is 1. The zero-order valence-electron chi connectivity index (χ0n) is 8.81. The van der Waals surface area contributed by atoms with Gasteiger partial charge < -0.3 is 15.5 Å². The van der Waals surface area contributed by atoms with E-state index in [2.05, 4.69) is 15.5 Å². The maximum atomic E-state index is 9.67. The van der Waals surface area contributed by atoms with Crippen LogP contribution in [0.5, 0.6) is 11.5 Å². The maximum Gasteiger partial charge on any atom is 0.124 e. The van der Waals surface area contributed by atoms with Gasteiger partial charge in [-0.25, -0.2) is 0 Å². The Kier molecular flexibility index (Phi) is 2.68. The van der Waals surface area contributed by atoms with Gasteiger partial charge in [0.25, 0.3) is 0 Å². The molecule has 0 amide bonds. The first-order valence-electron chi connectivity index (χ1n) is 4.94. The van der Waals surface area contributed by atoms with E-state index >= 15 is 0 Å². The number of hydrogen-bond donors (Lipinski definition) is 4. The van der Waals surface area contributed by atoms with Crippen molar-refractivity contribution >= 4 is 5.69 Å². The first kappa shape index (κ1) is 10.4. The number of rotatable bonds is 3. The smallest absolute Gasteiger partial charge is 0.124 e. The predicted octanol–water partition coefficient (Wildman–Crippen LogP) is 1.99. The third-order valence-electron chi connectivity index (χ3n) is 2.36. The number of aromatic nitrogens is 2. The number of nitrogens with zero attached hydrogens (tertiary/aromatic N) is 1. The van der Waals surface area contributed by atoms with Gasteiger partial charge in [-0.05, 0) is 19.1 Å². The second-order valence-electron chi connectivity index (χ2n) is 3.60. The summed E-state index contributed by atoms with van der Waals surface area (Å²) in [6.07, 6.45) is 3.39. The van der Waals surface area contributed by atoms with Crippen LogP contribution in [-0.2, 0) is 0 Å². The summed E-state index contributed by atoms with van der Waals surface area (Å²) in [7, 11) is 0. The topological polar surface area (TPSA) is 81.2 Å². The second kappa shape index (κ2) is 4.14. The predicted molar refractivity (Wildman–Crippen MR) is 60.4 cm³/mol. The van der Waals surface area contributed by atoms with Crippen LogP contribution in [0.15, 0.2) is 30.6 Å². The van der Waals surface area contributed by atoms with E-state index in [-0.39, 0.29) is 17.5 Å². The van der Waals surface area contributed by atoms with Gasteiger partial charge in [-0.15, -0.1) is 0 Å². The van der Waals surface area contributed by atoms with Crippen LogP contribution in [0.3, 0.4) is 0 Å². The van der Waals surface area contributed by atoms with Crippen LogP contribution >= 0.6 is 0 Å². The first-order valence-corrected chi connectivity index (χ1v) is 4.94. The van der Waals surface area contributed by atoms with E-state index in [1.165, 1.54) is 6.07 Å². The lowest BCUT2D eigenvalue weighted by Gasteiger charge is -2.15. The molecule has 1 aromatic carbocycles. The minimum atomic E-state index is -0.0711. The van der Waals surface area contributed by atoms with Crippen LogP contribution in [0, 0.1) is 0 Å². The van der Waals surface area contributed by atoms with Crippen molar-refractivity contribution in [3.05, 3.63) is 36.2 Å². The molecule has 16 heavy (non-hydrogen) atoms. The molecule has 0 saturated carbocycles. The Morgan fingerprint density at radius 2 is 2.19 bits per heavy atom. The molecule has 4 N–H and O–H groups in total. The lowest BCUT2D eigenvalue weighted by Crippen LogP contribution is -2.05. The van der Waals surface area contributed by atoms with E-state index in [9.17, 15) is 10.2 Å². The Labute approximate surface area is 92.8 Å². The molecule has 0 aliphatic heterocycles.